The number of aromatic carboxylic acids is 1. The number of methoxy groups -OCH3 is 2. The van der Waals surface area contributed by atoms with Gasteiger partial charge in [0, 0.05) is 25.3 Å². The molecule has 0 radical (unpaired) electrons. The normalized spacial score (nSPS) is 12.5. The smallest absolute Gasteiger partial charge is 0.335 e. The van der Waals surface area contributed by atoms with Gasteiger partial charge in [0.05, 0.1) is 19.3 Å². The SMILES string of the molecule is COCC(C)N(C)Cc1cc(C(=O)O)ccc1OC. The Kier molecular flexibility index (Phi) is 5.79. The van der Waals surface area contributed by atoms with Crippen molar-refractivity contribution in [2.45, 2.75) is 19.5 Å². The molecule has 0 aliphatic rings. The zero-order valence-corrected chi connectivity index (χ0v) is 11.8. The van der Waals surface area contributed by atoms with E-state index in [1.165, 1.54) is 0 Å². The number of benzene rings is 1. The van der Waals surface area contributed by atoms with Crippen LogP contribution in [-0.2, 0) is 11.3 Å². The first-order valence-electron chi connectivity index (χ1n) is 6.09. The van der Waals surface area contributed by atoms with Gasteiger partial charge in [0.1, 0.15) is 5.75 Å². The van der Waals surface area contributed by atoms with E-state index >= 15 is 0 Å². The second-order valence-electron chi connectivity index (χ2n) is 4.55. The number of hydrogen-bond donors (Lipinski definition) is 1. The molecule has 0 bridgehead atoms. The van der Waals surface area contributed by atoms with Crippen molar-refractivity contribution in [1.29, 1.82) is 0 Å². The van der Waals surface area contributed by atoms with E-state index in [-0.39, 0.29) is 11.6 Å². The van der Waals surface area contributed by atoms with Crippen LogP contribution in [0.1, 0.15) is 22.8 Å². The van der Waals surface area contributed by atoms with Crippen LogP contribution in [-0.4, -0.2) is 49.9 Å². The van der Waals surface area contributed by atoms with Gasteiger partial charge >= 0.3 is 5.97 Å². The molecule has 106 valence electrons. The van der Waals surface area contributed by atoms with E-state index in [1.807, 2.05) is 7.05 Å². The van der Waals surface area contributed by atoms with Crippen LogP contribution in [0, 0.1) is 0 Å². The van der Waals surface area contributed by atoms with Crippen LogP contribution in [0.4, 0.5) is 0 Å². The molecule has 5 nitrogen and oxygen atoms in total. The molecule has 1 aromatic rings. The number of likely N-dealkylation sites (N-methyl/N-ethyl adjacent to an activating group) is 1. The van der Waals surface area contributed by atoms with Crippen molar-refractivity contribution >= 4 is 5.97 Å². The van der Waals surface area contributed by atoms with Crippen molar-refractivity contribution in [2.75, 3.05) is 27.9 Å². The van der Waals surface area contributed by atoms with Crippen molar-refractivity contribution in [3.05, 3.63) is 29.3 Å². The van der Waals surface area contributed by atoms with Gasteiger partial charge in [-0.05, 0) is 32.2 Å². The van der Waals surface area contributed by atoms with Crippen molar-refractivity contribution in [1.82, 2.24) is 4.90 Å². The van der Waals surface area contributed by atoms with Crippen molar-refractivity contribution in [2.24, 2.45) is 0 Å². The molecular weight excluding hydrogens is 246 g/mol. The van der Waals surface area contributed by atoms with E-state index in [4.69, 9.17) is 14.6 Å². The van der Waals surface area contributed by atoms with E-state index in [2.05, 4.69) is 11.8 Å². The zero-order valence-electron chi connectivity index (χ0n) is 11.8. The number of rotatable bonds is 7. The zero-order chi connectivity index (χ0) is 14.4. The lowest BCUT2D eigenvalue weighted by Crippen LogP contribution is -2.32. The largest absolute Gasteiger partial charge is 0.496 e. The summed E-state index contributed by atoms with van der Waals surface area (Å²) >= 11 is 0. The Bertz CT molecular complexity index is 433. The summed E-state index contributed by atoms with van der Waals surface area (Å²) < 4.78 is 10.4. The summed E-state index contributed by atoms with van der Waals surface area (Å²) in [7, 11) is 5.21. The molecule has 1 aromatic carbocycles. The van der Waals surface area contributed by atoms with E-state index in [1.54, 1.807) is 32.4 Å². The third-order valence-corrected chi connectivity index (χ3v) is 3.11. The maximum atomic E-state index is 11.0. The van der Waals surface area contributed by atoms with Crippen LogP contribution in [0.2, 0.25) is 0 Å². The monoisotopic (exact) mass is 267 g/mol. The molecule has 1 atom stereocenters. The Balaban J connectivity index is 2.91. The number of nitrogens with zero attached hydrogens (tertiary/aromatic N) is 1. The molecule has 0 aliphatic heterocycles. The van der Waals surface area contributed by atoms with Crippen molar-refractivity contribution in [3.63, 3.8) is 0 Å². The highest BCUT2D eigenvalue weighted by Crippen LogP contribution is 2.22. The van der Waals surface area contributed by atoms with Crippen molar-refractivity contribution in [3.8, 4) is 5.75 Å². The second kappa shape index (κ2) is 7.11. The molecule has 1 rings (SSSR count). The minimum atomic E-state index is -0.934. The summed E-state index contributed by atoms with van der Waals surface area (Å²) in [4.78, 5) is 13.1. The number of carboxylic acids is 1. The molecule has 0 aliphatic carbocycles. The first-order valence-corrected chi connectivity index (χ1v) is 6.09. The van der Waals surface area contributed by atoms with Crippen LogP contribution in [0.5, 0.6) is 5.75 Å². The van der Waals surface area contributed by atoms with Crippen LogP contribution in [0.3, 0.4) is 0 Å². The van der Waals surface area contributed by atoms with E-state index in [9.17, 15) is 4.79 Å². The molecule has 1 N–H and O–H groups in total. The third kappa shape index (κ3) is 4.22. The average molecular weight is 267 g/mol. The van der Waals surface area contributed by atoms with Crippen LogP contribution in [0.15, 0.2) is 18.2 Å². The lowest BCUT2D eigenvalue weighted by atomic mass is 10.1. The summed E-state index contributed by atoms with van der Waals surface area (Å²) in [6.07, 6.45) is 0. The molecule has 0 amide bonds. The summed E-state index contributed by atoms with van der Waals surface area (Å²) in [6, 6.07) is 5.12. The molecule has 0 aromatic heterocycles. The van der Waals surface area contributed by atoms with Gasteiger partial charge in [0.25, 0.3) is 0 Å². The lowest BCUT2D eigenvalue weighted by molar-refractivity contribution is 0.0696. The van der Waals surface area contributed by atoms with Gasteiger partial charge in [-0.15, -0.1) is 0 Å². The van der Waals surface area contributed by atoms with Crippen LogP contribution in [0.25, 0.3) is 0 Å². The molecule has 0 saturated carbocycles. The predicted molar refractivity (Wildman–Crippen MR) is 72.8 cm³/mol. The summed E-state index contributed by atoms with van der Waals surface area (Å²) in [5.41, 5.74) is 1.12. The molecule has 19 heavy (non-hydrogen) atoms. The average Bonchev–Trinajstić information content (AvgIpc) is 2.38. The van der Waals surface area contributed by atoms with Crippen molar-refractivity contribution < 1.29 is 19.4 Å². The fourth-order valence-electron chi connectivity index (χ4n) is 1.83. The van der Waals surface area contributed by atoms with Gasteiger partial charge in [0.2, 0.25) is 0 Å². The second-order valence-corrected chi connectivity index (χ2v) is 4.55. The van der Waals surface area contributed by atoms with E-state index in [0.29, 0.717) is 18.9 Å². The maximum Gasteiger partial charge on any atom is 0.335 e. The summed E-state index contributed by atoms with van der Waals surface area (Å²) in [5.74, 6) is -0.238. The molecular formula is C14H21NO4. The first-order chi connectivity index (χ1) is 8.99. The Morgan fingerprint density at radius 1 is 1.42 bits per heavy atom. The highest BCUT2D eigenvalue weighted by Gasteiger charge is 2.14. The Hall–Kier alpha value is -1.59. The van der Waals surface area contributed by atoms with Gasteiger partial charge in [0.15, 0.2) is 0 Å². The van der Waals surface area contributed by atoms with Gasteiger partial charge < -0.3 is 14.6 Å². The molecule has 0 fully saturated rings. The van der Waals surface area contributed by atoms with Gasteiger partial charge in [-0.2, -0.15) is 0 Å². The van der Waals surface area contributed by atoms with Crippen LogP contribution >= 0.6 is 0 Å². The topological polar surface area (TPSA) is 59.0 Å². The standard InChI is InChI=1S/C14H21NO4/c1-10(9-18-3)15(2)8-12-7-11(14(16)17)5-6-13(12)19-4/h5-7,10H,8-9H2,1-4H3,(H,16,17). The Morgan fingerprint density at radius 2 is 2.11 bits per heavy atom. The quantitative estimate of drug-likeness (QED) is 0.817. The van der Waals surface area contributed by atoms with Gasteiger partial charge in [-0.3, -0.25) is 4.90 Å². The molecule has 0 spiro atoms. The number of carboxylic acid groups (broad SMARTS) is 1. The Labute approximate surface area is 113 Å². The number of ether oxygens (including phenoxy) is 2. The number of hydrogen-bond acceptors (Lipinski definition) is 4. The number of carbonyl (C=O) groups is 1. The van der Waals surface area contributed by atoms with Gasteiger partial charge in [-0.25, -0.2) is 4.79 Å². The van der Waals surface area contributed by atoms with E-state index in [0.717, 1.165) is 5.56 Å². The Morgan fingerprint density at radius 3 is 2.63 bits per heavy atom. The molecule has 1 unspecified atom stereocenters. The third-order valence-electron chi connectivity index (χ3n) is 3.11. The highest BCUT2D eigenvalue weighted by atomic mass is 16.5. The summed E-state index contributed by atoms with van der Waals surface area (Å²) in [6.45, 7) is 3.28. The molecule has 0 saturated heterocycles. The minimum Gasteiger partial charge on any atom is -0.496 e. The fraction of sp³-hybridized carbons (Fsp3) is 0.500. The molecule has 0 heterocycles. The van der Waals surface area contributed by atoms with Gasteiger partial charge in [-0.1, -0.05) is 0 Å². The maximum absolute atomic E-state index is 11.0. The highest BCUT2D eigenvalue weighted by molar-refractivity contribution is 5.88. The molecule has 5 heteroatoms. The van der Waals surface area contributed by atoms with E-state index < -0.39 is 5.97 Å². The lowest BCUT2D eigenvalue weighted by Gasteiger charge is -2.25. The first kappa shape index (κ1) is 15.5. The fourth-order valence-corrected chi connectivity index (χ4v) is 1.83. The minimum absolute atomic E-state index is 0.239. The van der Waals surface area contributed by atoms with Crippen LogP contribution < -0.4 is 4.74 Å². The summed E-state index contributed by atoms with van der Waals surface area (Å²) in [5, 5.41) is 9.03. The predicted octanol–water partition coefficient (Wildman–Crippen LogP) is 1.86.